The summed E-state index contributed by atoms with van der Waals surface area (Å²) in [6.07, 6.45) is 0.394. The Morgan fingerprint density at radius 1 is 1.29 bits per heavy atom. The summed E-state index contributed by atoms with van der Waals surface area (Å²) in [7, 11) is 0. The molecule has 2 aromatic rings. The lowest BCUT2D eigenvalue weighted by atomic mass is 10.2. The minimum absolute atomic E-state index is 0.0536. The number of hydrogen-bond donors (Lipinski definition) is 1. The molecule has 1 aromatic heterocycles. The largest absolute Gasteiger partial charge is 0.326 e. The van der Waals surface area contributed by atoms with E-state index in [2.05, 4.69) is 29.1 Å². The number of thioether (sulfide) groups is 1. The summed E-state index contributed by atoms with van der Waals surface area (Å²) >= 11 is 1.56. The molecule has 0 saturated heterocycles. The maximum Gasteiger partial charge on any atom is 0.225 e. The van der Waals surface area contributed by atoms with Crippen molar-refractivity contribution in [3.05, 3.63) is 47.4 Å². The Bertz CT molecular complexity index is 751. The van der Waals surface area contributed by atoms with E-state index in [9.17, 15) is 4.79 Å². The molecule has 2 rings (SSSR count). The molecule has 0 radical (unpaired) electrons. The third-order valence-corrected chi connectivity index (χ3v) is 4.15. The molecular formula is C18H20N4OS. The summed E-state index contributed by atoms with van der Waals surface area (Å²) < 4.78 is 0. The van der Waals surface area contributed by atoms with Gasteiger partial charge in [-0.3, -0.25) is 4.79 Å². The van der Waals surface area contributed by atoms with Crippen LogP contribution in [0.15, 0.2) is 35.4 Å². The molecule has 0 aliphatic carbocycles. The maximum absolute atomic E-state index is 12.0. The van der Waals surface area contributed by atoms with E-state index in [4.69, 9.17) is 5.26 Å². The van der Waals surface area contributed by atoms with Gasteiger partial charge in [-0.25, -0.2) is 9.97 Å². The van der Waals surface area contributed by atoms with E-state index in [0.29, 0.717) is 23.4 Å². The van der Waals surface area contributed by atoms with Crippen molar-refractivity contribution in [2.24, 2.45) is 0 Å². The molecule has 0 fully saturated rings. The van der Waals surface area contributed by atoms with Gasteiger partial charge in [-0.1, -0.05) is 13.8 Å². The highest BCUT2D eigenvalue weighted by Crippen LogP contribution is 2.20. The fourth-order valence-electron chi connectivity index (χ4n) is 1.99. The van der Waals surface area contributed by atoms with E-state index in [1.54, 1.807) is 36.0 Å². The van der Waals surface area contributed by atoms with E-state index in [-0.39, 0.29) is 11.8 Å². The summed E-state index contributed by atoms with van der Waals surface area (Å²) in [5.74, 6) is 1.71. The second-order valence-corrected chi connectivity index (χ2v) is 6.81. The zero-order valence-corrected chi connectivity index (χ0v) is 14.9. The fourth-order valence-corrected chi connectivity index (χ4v) is 2.90. The minimum atomic E-state index is -0.0536. The number of aromatic nitrogens is 2. The number of aryl methyl sites for hydroxylation is 1. The van der Waals surface area contributed by atoms with Gasteiger partial charge in [-0.05, 0) is 37.3 Å². The fraction of sp³-hybridized carbons (Fsp3) is 0.333. The van der Waals surface area contributed by atoms with E-state index >= 15 is 0 Å². The number of hydrogen-bond acceptors (Lipinski definition) is 5. The number of carbonyl (C=O) groups excluding carboxylic acids is 1. The Hall–Kier alpha value is -2.39. The summed E-state index contributed by atoms with van der Waals surface area (Å²) in [5.41, 5.74) is 2.21. The van der Waals surface area contributed by atoms with Crippen LogP contribution in [0.4, 0.5) is 5.69 Å². The standard InChI is InChI=1S/C18H20N4OS/c1-12(2)18-20-13(3)10-17(22-18)24-9-8-16(23)21-15-6-4-14(11-19)5-7-15/h4-7,10,12H,8-9H2,1-3H3,(H,21,23). The first-order valence-corrected chi connectivity index (χ1v) is 8.75. The van der Waals surface area contributed by atoms with Crippen molar-refractivity contribution in [1.82, 2.24) is 9.97 Å². The second kappa shape index (κ2) is 8.46. The van der Waals surface area contributed by atoms with Crippen LogP contribution in [0.3, 0.4) is 0 Å². The van der Waals surface area contributed by atoms with Crippen molar-refractivity contribution in [2.75, 3.05) is 11.1 Å². The molecule has 24 heavy (non-hydrogen) atoms. The average molecular weight is 340 g/mol. The summed E-state index contributed by atoms with van der Waals surface area (Å²) in [5, 5.41) is 12.5. The molecule has 0 aliphatic rings. The number of nitrogens with one attached hydrogen (secondary N) is 1. The topological polar surface area (TPSA) is 78.7 Å². The van der Waals surface area contributed by atoms with Crippen LogP contribution in [0.5, 0.6) is 0 Å². The number of anilines is 1. The van der Waals surface area contributed by atoms with Crippen LogP contribution in [0.2, 0.25) is 0 Å². The minimum Gasteiger partial charge on any atom is -0.326 e. The number of nitriles is 1. The first-order valence-electron chi connectivity index (χ1n) is 7.76. The van der Waals surface area contributed by atoms with Gasteiger partial charge in [0.15, 0.2) is 0 Å². The summed E-state index contributed by atoms with van der Waals surface area (Å²) in [6.45, 7) is 6.08. The van der Waals surface area contributed by atoms with Crippen LogP contribution >= 0.6 is 11.8 Å². The lowest BCUT2D eigenvalue weighted by Crippen LogP contribution is -2.12. The lowest BCUT2D eigenvalue weighted by Gasteiger charge is -2.08. The van der Waals surface area contributed by atoms with E-state index < -0.39 is 0 Å². The Labute approximate surface area is 146 Å². The molecule has 0 spiro atoms. The molecule has 0 atom stereocenters. The van der Waals surface area contributed by atoms with Crippen LogP contribution in [-0.4, -0.2) is 21.6 Å². The van der Waals surface area contributed by atoms with Crippen LogP contribution in [-0.2, 0) is 4.79 Å². The van der Waals surface area contributed by atoms with Crippen molar-refractivity contribution < 1.29 is 4.79 Å². The molecule has 0 saturated carbocycles. The Balaban J connectivity index is 1.85. The Morgan fingerprint density at radius 3 is 2.62 bits per heavy atom. The molecule has 1 amide bonds. The highest BCUT2D eigenvalue weighted by molar-refractivity contribution is 7.99. The SMILES string of the molecule is Cc1cc(SCCC(=O)Nc2ccc(C#N)cc2)nc(C(C)C)n1. The Morgan fingerprint density at radius 2 is 2.00 bits per heavy atom. The maximum atomic E-state index is 12.0. The predicted octanol–water partition coefficient (Wildman–Crippen LogP) is 3.90. The van der Waals surface area contributed by atoms with Crippen LogP contribution in [0.1, 0.15) is 43.3 Å². The van der Waals surface area contributed by atoms with Gasteiger partial charge in [-0.15, -0.1) is 11.8 Å². The number of benzene rings is 1. The number of nitrogens with zero attached hydrogens (tertiary/aromatic N) is 3. The zero-order chi connectivity index (χ0) is 17.5. The zero-order valence-electron chi connectivity index (χ0n) is 14.0. The molecule has 1 N–H and O–H groups in total. The van der Waals surface area contributed by atoms with E-state index in [1.807, 2.05) is 19.1 Å². The first kappa shape index (κ1) is 18.0. The van der Waals surface area contributed by atoms with Gasteiger partial charge in [0, 0.05) is 29.5 Å². The van der Waals surface area contributed by atoms with Crippen molar-refractivity contribution in [3.63, 3.8) is 0 Å². The van der Waals surface area contributed by atoms with Crippen molar-refractivity contribution in [1.29, 1.82) is 5.26 Å². The predicted molar refractivity (Wildman–Crippen MR) is 96.0 cm³/mol. The van der Waals surface area contributed by atoms with Gasteiger partial charge in [0.1, 0.15) is 5.82 Å². The smallest absolute Gasteiger partial charge is 0.225 e. The van der Waals surface area contributed by atoms with Gasteiger partial charge >= 0.3 is 0 Å². The monoisotopic (exact) mass is 340 g/mol. The van der Waals surface area contributed by atoms with Crippen molar-refractivity contribution in [2.45, 2.75) is 38.1 Å². The molecule has 1 heterocycles. The molecule has 124 valence electrons. The summed E-state index contributed by atoms with van der Waals surface area (Å²) in [6, 6.07) is 10.8. The van der Waals surface area contributed by atoms with Gasteiger partial charge in [0.25, 0.3) is 0 Å². The molecular weight excluding hydrogens is 320 g/mol. The second-order valence-electron chi connectivity index (χ2n) is 5.70. The van der Waals surface area contributed by atoms with Crippen molar-refractivity contribution in [3.8, 4) is 6.07 Å². The van der Waals surface area contributed by atoms with Crippen LogP contribution in [0.25, 0.3) is 0 Å². The summed E-state index contributed by atoms with van der Waals surface area (Å²) in [4.78, 5) is 20.9. The normalized spacial score (nSPS) is 10.5. The van der Waals surface area contributed by atoms with E-state index in [0.717, 1.165) is 16.5 Å². The Kier molecular flexibility index (Phi) is 6.33. The third kappa shape index (κ3) is 5.36. The average Bonchev–Trinajstić information content (AvgIpc) is 2.55. The highest BCUT2D eigenvalue weighted by atomic mass is 32.2. The molecule has 1 aromatic carbocycles. The molecule has 0 unspecified atom stereocenters. The molecule has 5 nitrogen and oxygen atoms in total. The highest BCUT2D eigenvalue weighted by Gasteiger charge is 2.08. The molecule has 0 aliphatic heterocycles. The van der Waals surface area contributed by atoms with E-state index in [1.165, 1.54) is 0 Å². The lowest BCUT2D eigenvalue weighted by molar-refractivity contribution is -0.115. The molecule has 6 heteroatoms. The number of amides is 1. The van der Waals surface area contributed by atoms with Gasteiger partial charge in [-0.2, -0.15) is 5.26 Å². The number of carbonyl (C=O) groups is 1. The van der Waals surface area contributed by atoms with Crippen LogP contribution < -0.4 is 5.32 Å². The van der Waals surface area contributed by atoms with Crippen molar-refractivity contribution >= 4 is 23.4 Å². The van der Waals surface area contributed by atoms with Gasteiger partial charge in [0.2, 0.25) is 5.91 Å². The van der Waals surface area contributed by atoms with Gasteiger partial charge in [0.05, 0.1) is 16.7 Å². The van der Waals surface area contributed by atoms with Gasteiger partial charge < -0.3 is 5.32 Å². The quantitative estimate of drug-likeness (QED) is 0.637. The number of rotatable bonds is 6. The molecule has 0 bridgehead atoms. The third-order valence-electron chi connectivity index (χ3n) is 3.24. The first-order chi connectivity index (χ1) is 11.5. The van der Waals surface area contributed by atoms with Crippen LogP contribution in [0, 0.1) is 18.3 Å².